The first-order valence-electron chi connectivity index (χ1n) is 6.27. The summed E-state index contributed by atoms with van der Waals surface area (Å²) in [5, 5.41) is 10.4. The molecule has 16 heavy (non-hydrogen) atoms. The van der Waals surface area contributed by atoms with E-state index in [4.69, 9.17) is 0 Å². The Labute approximate surface area is 99.5 Å². The molecule has 0 aliphatic rings. The molecule has 0 amide bonds. The molecule has 0 aliphatic carbocycles. The minimum absolute atomic E-state index is 0.504. The minimum atomic E-state index is -0.697. The predicted octanol–water partition coefficient (Wildman–Crippen LogP) is 3.89. The van der Waals surface area contributed by atoms with Gasteiger partial charge < -0.3 is 5.11 Å². The topological polar surface area (TPSA) is 20.2 Å². The van der Waals surface area contributed by atoms with Gasteiger partial charge in [0.15, 0.2) is 0 Å². The third-order valence-electron chi connectivity index (χ3n) is 2.89. The Balaban J connectivity index is 2.89. The van der Waals surface area contributed by atoms with Gasteiger partial charge in [0.2, 0.25) is 0 Å². The predicted molar refractivity (Wildman–Crippen MR) is 69.5 cm³/mol. The van der Waals surface area contributed by atoms with Crippen LogP contribution in [0.1, 0.15) is 51.7 Å². The summed E-state index contributed by atoms with van der Waals surface area (Å²) in [5.41, 5.74) is 1.67. The van der Waals surface area contributed by atoms with E-state index in [2.05, 4.69) is 39.0 Å². The molecule has 1 unspecified atom stereocenters. The summed E-state index contributed by atoms with van der Waals surface area (Å²) in [7, 11) is 0. The van der Waals surface area contributed by atoms with E-state index in [9.17, 15) is 5.11 Å². The molecule has 1 aromatic carbocycles. The van der Waals surface area contributed by atoms with Crippen LogP contribution in [0.25, 0.3) is 0 Å². The number of hydrogen-bond acceptors (Lipinski definition) is 1. The molecule has 1 heteroatoms. The van der Waals surface area contributed by atoms with Crippen LogP contribution >= 0.6 is 0 Å². The molecular weight excluding hydrogens is 196 g/mol. The van der Waals surface area contributed by atoms with Crippen LogP contribution in [-0.2, 0) is 12.0 Å². The maximum Gasteiger partial charge on any atom is 0.0871 e. The number of aryl methyl sites for hydroxylation is 1. The van der Waals surface area contributed by atoms with Crippen molar-refractivity contribution in [3.63, 3.8) is 0 Å². The Morgan fingerprint density at radius 1 is 1.31 bits per heavy atom. The zero-order chi connectivity index (χ0) is 12.2. The number of benzene rings is 1. The molecular formula is C15H24O. The van der Waals surface area contributed by atoms with Crippen molar-refractivity contribution in [2.75, 3.05) is 0 Å². The third-order valence-corrected chi connectivity index (χ3v) is 2.89. The van der Waals surface area contributed by atoms with E-state index in [0.717, 1.165) is 24.8 Å². The zero-order valence-electron chi connectivity index (χ0n) is 11.0. The van der Waals surface area contributed by atoms with Crippen molar-refractivity contribution in [1.29, 1.82) is 0 Å². The number of hydrogen-bond donors (Lipinski definition) is 1. The van der Waals surface area contributed by atoms with Gasteiger partial charge in [-0.05, 0) is 36.8 Å². The first kappa shape index (κ1) is 13.2. The zero-order valence-corrected chi connectivity index (χ0v) is 11.0. The number of rotatable bonds is 5. The second-order valence-corrected chi connectivity index (χ2v) is 5.32. The average Bonchev–Trinajstić information content (AvgIpc) is 2.16. The minimum Gasteiger partial charge on any atom is -0.385 e. The van der Waals surface area contributed by atoms with Crippen LogP contribution in [0.3, 0.4) is 0 Å². The molecule has 1 atom stereocenters. The third kappa shape index (κ3) is 3.64. The Bertz CT molecular complexity index is 326. The first-order chi connectivity index (χ1) is 7.45. The standard InChI is InChI=1S/C15H24O/c1-5-7-13-8-6-9-14(10-13)15(4,16)11-12(2)3/h6,8-10,12,16H,5,7,11H2,1-4H3. The van der Waals surface area contributed by atoms with Crippen LogP contribution in [0.4, 0.5) is 0 Å². The SMILES string of the molecule is CCCc1cccc(C(C)(O)CC(C)C)c1. The summed E-state index contributed by atoms with van der Waals surface area (Å²) in [5.74, 6) is 0.504. The Morgan fingerprint density at radius 3 is 2.56 bits per heavy atom. The maximum absolute atomic E-state index is 10.4. The summed E-state index contributed by atoms with van der Waals surface area (Å²) in [6, 6.07) is 8.36. The van der Waals surface area contributed by atoms with E-state index in [1.165, 1.54) is 5.56 Å². The van der Waals surface area contributed by atoms with Crippen LogP contribution in [0, 0.1) is 5.92 Å². The van der Waals surface area contributed by atoms with Crippen molar-refractivity contribution < 1.29 is 5.11 Å². The molecule has 0 aromatic heterocycles. The summed E-state index contributed by atoms with van der Waals surface area (Å²) in [6.07, 6.45) is 3.05. The molecule has 1 rings (SSSR count). The van der Waals surface area contributed by atoms with Crippen LogP contribution in [0.15, 0.2) is 24.3 Å². The molecule has 0 saturated carbocycles. The Hall–Kier alpha value is -0.820. The average molecular weight is 220 g/mol. The van der Waals surface area contributed by atoms with Gasteiger partial charge >= 0.3 is 0 Å². The smallest absolute Gasteiger partial charge is 0.0871 e. The van der Waals surface area contributed by atoms with Gasteiger partial charge in [0.25, 0.3) is 0 Å². The summed E-state index contributed by atoms with van der Waals surface area (Å²) in [6.45, 7) is 8.38. The Kier molecular flexibility index (Phi) is 4.55. The summed E-state index contributed by atoms with van der Waals surface area (Å²) in [4.78, 5) is 0. The highest BCUT2D eigenvalue weighted by Crippen LogP contribution is 2.28. The van der Waals surface area contributed by atoms with Gasteiger partial charge in [-0.25, -0.2) is 0 Å². The fraction of sp³-hybridized carbons (Fsp3) is 0.600. The van der Waals surface area contributed by atoms with Gasteiger partial charge in [-0.2, -0.15) is 0 Å². The molecule has 90 valence electrons. The Morgan fingerprint density at radius 2 is 2.00 bits per heavy atom. The van der Waals surface area contributed by atoms with Crippen molar-refractivity contribution >= 4 is 0 Å². The van der Waals surface area contributed by atoms with E-state index < -0.39 is 5.60 Å². The van der Waals surface area contributed by atoms with E-state index in [1.54, 1.807) is 0 Å². The lowest BCUT2D eigenvalue weighted by Crippen LogP contribution is -2.23. The first-order valence-corrected chi connectivity index (χ1v) is 6.27. The fourth-order valence-electron chi connectivity index (χ4n) is 2.26. The van der Waals surface area contributed by atoms with Gasteiger partial charge in [0.1, 0.15) is 0 Å². The van der Waals surface area contributed by atoms with Crippen molar-refractivity contribution in [3.8, 4) is 0 Å². The van der Waals surface area contributed by atoms with Crippen LogP contribution in [0.2, 0.25) is 0 Å². The molecule has 0 spiro atoms. The summed E-state index contributed by atoms with van der Waals surface area (Å²) < 4.78 is 0. The second-order valence-electron chi connectivity index (χ2n) is 5.32. The molecule has 1 nitrogen and oxygen atoms in total. The molecule has 0 heterocycles. The molecule has 0 saturated heterocycles. The van der Waals surface area contributed by atoms with E-state index >= 15 is 0 Å². The highest BCUT2D eigenvalue weighted by atomic mass is 16.3. The van der Waals surface area contributed by atoms with Crippen LogP contribution in [-0.4, -0.2) is 5.11 Å². The monoisotopic (exact) mass is 220 g/mol. The largest absolute Gasteiger partial charge is 0.385 e. The fourth-order valence-corrected chi connectivity index (χ4v) is 2.26. The van der Waals surface area contributed by atoms with Crippen LogP contribution in [0.5, 0.6) is 0 Å². The van der Waals surface area contributed by atoms with Gasteiger partial charge in [0.05, 0.1) is 5.60 Å². The molecule has 0 fully saturated rings. The molecule has 1 aromatic rings. The normalized spacial score (nSPS) is 15.1. The van der Waals surface area contributed by atoms with Crippen molar-refractivity contribution in [3.05, 3.63) is 35.4 Å². The highest BCUT2D eigenvalue weighted by molar-refractivity contribution is 5.28. The van der Waals surface area contributed by atoms with Gasteiger partial charge in [-0.3, -0.25) is 0 Å². The van der Waals surface area contributed by atoms with Gasteiger partial charge in [0, 0.05) is 0 Å². The molecule has 0 aliphatic heterocycles. The van der Waals surface area contributed by atoms with Crippen molar-refractivity contribution in [2.45, 2.75) is 52.6 Å². The van der Waals surface area contributed by atoms with Crippen molar-refractivity contribution in [2.24, 2.45) is 5.92 Å². The van der Waals surface area contributed by atoms with E-state index in [1.807, 2.05) is 13.0 Å². The van der Waals surface area contributed by atoms with Gasteiger partial charge in [-0.15, -0.1) is 0 Å². The van der Waals surface area contributed by atoms with Crippen LogP contribution < -0.4 is 0 Å². The quantitative estimate of drug-likeness (QED) is 0.798. The molecule has 0 radical (unpaired) electrons. The summed E-state index contributed by atoms with van der Waals surface area (Å²) >= 11 is 0. The van der Waals surface area contributed by atoms with Gasteiger partial charge in [-0.1, -0.05) is 51.5 Å². The second kappa shape index (κ2) is 5.49. The maximum atomic E-state index is 10.4. The lowest BCUT2D eigenvalue weighted by atomic mass is 9.86. The number of aliphatic hydroxyl groups is 1. The lowest BCUT2D eigenvalue weighted by Gasteiger charge is -2.26. The highest BCUT2D eigenvalue weighted by Gasteiger charge is 2.24. The van der Waals surface area contributed by atoms with E-state index in [-0.39, 0.29) is 0 Å². The van der Waals surface area contributed by atoms with Crippen molar-refractivity contribution in [1.82, 2.24) is 0 Å². The lowest BCUT2D eigenvalue weighted by molar-refractivity contribution is 0.0348. The molecule has 1 N–H and O–H groups in total. The van der Waals surface area contributed by atoms with E-state index in [0.29, 0.717) is 5.92 Å². The molecule has 0 bridgehead atoms.